The molecule has 6 nitrogen and oxygen atoms in total. The number of hydrogen-bond acceptors (Lipinski definition) is 4. The predicted molar refractivity (Wildman–Crippen MR) is 118 cm³/mol. The number of ether oxygens (including phenoxy) is 1. The zero-order chi connectivity index (χ0) is 20.2. The Morgan fingerprint density at radius 3 is 2.46 bits per heavy atom. The van der Waals surface area contributed by atoms with Crippen molar-refractivity contribution in [1.82, 2.24) is 20.0 Å². The quantitative estimate of drug-likeness (QED) is 0.378. The first-order chi connectivity index (χ1) is 13.6. The summed E-state index contributed by atoms with van der Waals surface area (Å²) in [5, 5.41) is 3.41. The first-order valence-electron chi connectivity index (χ1n) is 10.7. The summed E-state index contributed by atoms with van der Waals surface area (Å²) in [5.41, 5.74) is 1.26. The van der Waals surface area contributed by atoms with Crippen LogP contribution in [0.1, 0.15) is 32.3 Å². The number of nitrogens with one attached hydrogen (secondary N) is 1. The van der Waals surface area contributed by atoms with Crippen molar-refractivity contribution in [3.63, 3.8) is 0 Å². The van der Waals surface area contributed by atoms with Crippen LogP contribution in [0.4, 0.5) is 0 Å². The molecule has 0 radical (unpaired) electrons. The maximum Gasteiger partial charge on any atom is 0.193 e. The topological polar surface area (TPSA) is 43.3 Å². The van der Waals surface area contributed by atoms with Gasteiger partial charge in [0, 0.05) is 52.9 Å². The third-order valence-electron chi connectivity index (χ3n) is 5.09. The van der Waals surface area contributed by atoms with Gasteiger partial charge in [0.2, 0.25) is 0 Å². The molecule has 1 saturated heterocycles. The number of nitrogens with zero attached hydrogens (tertiary/aromatic N) is 4. The van der Waals surface area contributed by atoms with Crippen LogP contribution in [-0.4, -0.2) is 87.2 Å². The van der Waals surface area contributed by atoms with E-state index in [4.69, 9.17) is 9.73 Å². The van der Waals surface area contributed by atoms with Crippen LogP contribution in [-0.2, 0) is 6.54 Å². The fourth-order valence-corrected chi connectivity index (χ4v) is 3.38. The summed E-state index contributed by atoms with van der Waals surface area (Å²) in [6.45, 7) is 13.4. The van der Waals surface area contributed by atoms with Gasteiger partial charge in [-0.3, -0.25) is 4.99 Å². The van der Waals surface area contributed by atoms with Crippen LogP contribution in [0.25, 0.3) is 0 Å². The maximum atomic E-state index is 5.52. The summed E-state index contributed by atoms with van der Waals surface area (Å²) in [4.78, 5) is 12.0. The molecule has 2 rings (SSSR count). The average Bonchev–Trinajstić information content (AvgIpc) is 2.70. The summed E-state index contributed by atoms with van der Waals surface area (Å²) in [7, 11) is 4.31. The molecule has 1 aromatic rings. The van der Waals surface area contributed by atoms with Crippen LogP contribution in [0, 0.1) is 0 Å². The summed E-state index contributed by atoms with van der Waals surface area (Å²) in [6.07, 6.45) is 2.35. The number of unbranched alkanes of at least 4 members (excludes halogenated alkanes) is 1. The third-order valence-corrected chi connectivity index (χ3v) is 5.09. The van der Waals surface area contributed by atoms with E-state index in [0.29, 0.717) is 6.61 Å². The SMILES string of the molecule is CCNC(=NCCCCN1CCN(C)CC1)N(C)Cc1ccc(OCC)cc1. The van der Waals surface area contributed by atoms with Gasteiger partial charge in [-0.05, 0) is 58.0 Å². The molecular formula is C22H39N5O. The van der Waals surface area contributed by atoms with Gasteiger partial charge in [-0.25, -0.2) is 0 Å². The van der Waals surface area contributed by atoms with Crippen molar-refractivity contribution in [1.29, 1.82) is 0 Å². The van der Waals surface area contributed by atoms with Gasteiger partial charge in [0.1, 0.15) is 5.75 Å². The van der Waals surface area contributed by atoms with E-state index in [0.717, 1.165) is 37.8 Å². The summed E-state index contributed by atoms with van der Waals surface area (Å²) < 4.78 is 5.52. The Hall–Kier alpha value is -1.79. The zero-order valence-electron chi connectivity index (χ0n) is 18.3. The first kappa shape index (κ1) is 22.5. The van der Waals surface area contributed by atoms with Crippen LogP contribution in [0.5, 0.6) is 5.75 Å². The normalized spacial score (nSPS) is 16.2. The number of benzene rings is 1. The lowest BCUT2D eigenvalue weighted by Gasteiger charge is -2.32. The van der Waals surface area contributed by atoms with Crippen LogP contribution in [0.2, 0.25) is 0 Å². The van der Waals surface area contributed by atoms with Crippen molar-refractivity contribution in [3.05, 3.63) is 29.8 Å². The lowest BCUT2D eigenvalue weighted by molar-refractivity contribution is 0.152. The van der Waals surface area contributed by atoms with Gasteiger partial charge in [-0.1, -0.05) is 12.1 Å². The second-order valence-electron chi connectivity index (χ2n) is 7.52. The van der Waals surface area contributed by atoms with Crippen LogP contribution >= 0.6 is 0 Å². The molecule has 6 heteroatoms. The molecule has 0 saturated carbocycles. The van der Waals surface area contributed by atoms with Crippen LogP contribution < -0.4 is 10.1 Å². The van der Waals surface area contributed by atoms with Crippen LogP contribution in [0.3, 0.4) is 0 Å². The van der Waals surface area contributed by atoms with E-state index >= 15 is 0 Å². The highest BCUT2D eigenvalue weighted by Gasteiger charge is 2.12. The molecule has 0 bridgehead atoms. The summed E-state index contributed by atoms with van der Waals surface area (Å²) >= 11 is 0. The molecule has 1 N–H and O–H groups in total. The van der Waals surface area contributed by atoms with Gasteiger partial charge in [-0.2, -0.15) is 0 Å². The number of likely N-dealkylation sites (N-methyl/N-ethyl adjacent to an activating group) is 1. The van der Waals surface area contributed by atoms with E-state index in [1.807, 2.05) is 19.1 Å². The molecule has 28 heavy (non-hydrogen) atoms. The molecule has 1 aliphatic heterocycles. The Balaban J connectivity index is 1.75. The van der Waals surface area contributed by atoms with E-state index in [2.05, 4.69) is 53.2 Å². The fraction of sp³-hybridized carbons (Fsp3) is 0.682. The molecule has 1 fully saturated rings. The van der Waals surface area contributed by atoms with E-state index in [1.165, 1.54) is 44.7 Å². The van der Waals surface area contributed by atoms with Gasteiger partial charge >= 0.3 is 0 Å². The molecule has 0 atom stereocenters. The minimum atomic E-state index is 0.700. The zero-order valence-corrected chi connectivity index (χ0v) is 18.3. The number of hydrogen-bond donors (Lipinski definition) is 1. The van der Waals surface area contributed by atoms with Crippen molar-refractivity contribution >= 4 is 5.96 Å². The Labute approximate surface area is 171 Å². The molecule has 0 unspecified atom stereocenters. The number of rotatable bonds is 10. The van der Waals surface area contributed by atoms with E-state index < -0.39 is 0 Å². The standard InChI is InChI=1S/C22H39N5O/c1-5-23-22(24-13-7-8-14-27-17-15-25(3)16-18-27)26(4)19-20-9-11-21(12-10-20)28-6-2/h9-12H,5-8,13-19H2,1-4H3,(H,23,24). The minimum absolute atomic E-state index is 0.700. The van der Waals surface area contributed by atoms with E-state index in [1.54, 1.807) is 0 Å². The summed E-state index contributed by atoms with van der Waals surface area (Å²) in [5.74, 6) is 1.91. The van der Waals surface area contributed by atoms with Crippen LogP contribution in [0.15, 0.2) is 29.3 Å². The molecule has 158 valence electrons. The monoisotopic (exact) mass is 389 g/mol. The Bertz CT molecular complexity index is 567. The number of aliphatic imine (C=N–C) groups is 1. The van der Waals surface area contributed by atoms with Crippen molar-refractivity contribution in [2.75, 3.05) is 66.5 Å². The predicted octanol–water partition coefficient (Wildman–Crippen LogP) is 2.51. The second kappa shape index (κ2) is 12.6. The summed E-state index contributed by atoms with van der Waals surface area (Å²) in [6, 6.07) is 8.33. The second-order valence-corrected chi connectivity index (χ2v) is 7.52. The highest BCUT2D eigenvalue weighted by molar-refractivity contribution is 5.79. The van der Waals surface area contributed by atoms with Crippen molar-refractivity contribution in [3.8, 4) is 5.75 Å². The molecule has 0 amide bonds. The Kier molecular flexibility index (Phi) is 10.1. The average molecular weight is 390 g/mol. The highest BCUT2D eigenvalue weighted by atomic mass is 16.5. The van der Waals surface area contributed by atoms with E-state index in [9.17, 15) is 0 Å². The van der Waals surface area contributed by atoms with Crippen molar-refractivity contribution in [2.45, 2.75) is 33.2 Å². The van der Waals surface area contributed by atoms with Gasteiger partial charge in [0.25, 0.3) is 0 Å². The maximum absolute atomic E-state index is 5.52. The Morgan fingerprint density at radius 2 is 1.82 bits per heavy atom. The minimum Gasteiger partial charge on any atom is -0.494 e. The smallest absolute Gasteiger partial charge is 0.193 e. The molecule has 1 heterocycles. The highest BCUT2D eigenvalue weighted by Crippen LogP contribution is 2.13. The molecule has 0 aromatic heterocycles. The molecule has 0 aliphatic carbocycles. The molecule has 0 spiro atoms. The molecule has 1 aliphatic rings. The first-order valence-corrected chi connectivity index (χ1v) is 10.7. The lowest BCUT2D eigenvalue weighted by atomic mass is 10.2. The lowest BCUT2D eigenvalue weighted by Crippen LogP contribution is -2.44. The van der Waals surface area contributed by atoms with Crippen molar-refractivity contribution in [2.24, 2.45) is 4.99 Å². The molecule has 1 aromatic carbocycles. The van der Waals surface area contributed by atoms with Gasteiger partial charge < -0.3 is 24.8 Å². The number of piperazine rings is 1. The largest absolute Gasteiger partial charge is 0.494 e. The van der Waals surface area contributed by atoms with Crippen molar-refractivity contribution < 1.29 is 4.74 Å². The number of guanidine groups is 1. The fourth-order valence-electron chi connectivity index (χ4n) is 3.38. The third kappa shape index (κ3) is 8.07. The Morgan fingerprint density at radius 1 is 1.11 bits per heavy atom. The molecular weight excluding hydrogens is 350 g/mol. The van der Waals surface area contributed by atoms with Gasteiger partial charge in [-0.15, -0.1) is 0 Å². The van der Waals surface area contributed by atoms with Gasteiger partial charge in [0.15, 0.2) is 5.96 Å². The van der Waals surface area contributed by atoms with E-state index in [-0.39, 0.29) is 0 Å². The van der Waals surface area contributed by atoms with Gasteiger partial charge in [0.05, 0.1) is 6.61 Å².